The van der Waals surface area contributed by atoms with Gasteiger partial charge in [0.2, 0.25) is 11.8 Å². The Morgan fingerprint density at radius 3 is 2.23 bits per heavy atom. The zero-order chi connectivity index (χ0) is 19.3. The molecule has 0 aliphatic heterocycles. The number of nitrogens with zero attached hydrogens (tertiary/aromatic N) is 1. The Labute approximate surface area is 151 Å². The number of carbonyl (C=O) groups excluding carboxylic acids is 2. The molecule has 0 aliphatic rings. The Morgan fingerprint density at radius 1 is 1.04 bits per heavy atom. The highest BCUT2D eigenvalue weighted by molar-refractivity contribution is 6.31. The third kappa shape index (κ3) is 5.22. The molecule has 0 aromatic heterocycles. The number of nitrogens with one attached hydrogen (secondary N) is 2. The first-order chi connectivity index (χ1) is 12.2. The molecule has 0 radical (unpaired) electrons. The van der Waals surface area contributed by atoms with E-state index in [2.05, 4.69) is 10.6 Å². The van der Waals surface area contributed by atoms with E-state index in [1.165, 1.54) is 18.2 Å². The quantitative estimate of drug-likeness (QED) is 0.779. The van der Waals surface area contributed by atoms with Gasteiger partial charge in [0.05, 0.1) is 22.2 Å². The van der Waals surface area contributed by atoms with Crippen LogP contribution in [-0.4, -0.2) is 11.8 Å². The van der Waals surface area contributed by atoms with Gasteiger partial charge in [-0.25, -0.2) is 0 Å². The Morgan fingerprint density at radius 2 is 1.65 bits per heavy atom. The summed E-state index contributed by atoms with van der Waals surface area (Å²) in [6, 6.07) is 10.9. The summed E-state index contributed by atoms with van der Waals surface area (Å²) in [5, 5.41) is 12.9. The number of alkyl halides is 3. The second-order valence-corrected chi connectivity index (χ2v) is 5.57. The Hall–Kier alpha value is -3.05. The molecule has 0 aliphatic carbocycles. The molecule has 0 saturated carbocycles. The second kappa shape index (κ2) is 7.89. The highest BCUT2D eigenvalue weighted by atomic mass is 35.5. The first-order valence-electron chi connectivity index (χ1n) is 7.15. The van der Waals surface area contributed by atoms with Gasteiger partial charge in [-0.05, 0) is 36.4 Å². The van der Waals surface area contributed by atoms with Crippen LogP contribution in [0.4, 0.5) is 24.5 Å². The van der Waals surface area contributed by atoms with Crippen molar-refractivity contribution < 1.29 is 22.8 Å². The van der Waals surface area contributed by atoms with Gasteiger partial charge in [-0.15, -0.1) is 0 Å². The predicted octanol–water partition coefficient (Wildman–Crippen LogP) is 4.20. The molecular formula is C17H11ClF3N3O2. The van der Waals surface area contributed by atoms with Gasteiger partial charge in [0, 0.05) is 11.4 Å². The van der Waals surface area contributed by atoms with Gasteiger partial charge in [0.1, 0.15) is 6.42 Å². The molecule has 0 atom stereocenters. The third-order valence-electron chi connectivity index (χ3n) is 3.15. The fourth-order valence-electron chi connectivity index (χ4n) is 2.04. The third-order valence-corrected chi connectivity index (χ3v) is 3.48. The van der Waals surface area contributed by atoms with Crippen LogP contribution in [0.25, 0.3) is 0 Å². The molecule has 0 heterocycles. The normalized spacial score (nSPS) is 10.7. The number of anilines is 2. The molecule has 0 unspecified atom stereocenters. The van der Waals surface area contributed by atoms with Crippen molar-refractivity contribution >= 4 is 34.8 Å². The first-order valence-corrected chi connectivity index (χ1v) is 7.53. The summed E-state index contributed by atoms with van der Waals surface area (Å²) >= 11 is 5.50. The minimum Gasteiger partial charge on any atom is -0.326 e. The summed E-state index contributed by atoms with van der Waals surface area (Å²) in [7, 11) is 0. The number of rotatable bonds is 4. The average Bonchev–Trinajstić information content (AvgIpc) is 2.55. The minimum absolute atomic E-state index is 0.133. The van der Waals surface area contributed by atoms with Crippen molar-refractivity contribution in [3.63, 3.8) is 0 Å². The molecule has 0 bridgehead atoms. The number of carbonyl (C=O) groups is 2. The van der Waals surface area contributed by atoms with Crippen molar-refractivity contribution in [2.45, 2.75) is 12.6 Å². The van der Waals surface area contributed by atoms with Crippen molar-refractivity contribution in [1.29, 1.82) is 5.26 Å². The molecule has 2 aromatic rings. The lowest BCUT2D eigenvalue weighted by atomic mass is 10.2. The zero-order valence-electron chi connectivity index (χ0n) is 13.0. The predicted molar refractivity (Wildman–Crippen MR) is 89.5 cm³/mol. The lowest BCUT2D eigenvalue weighted by Gasteiger charge is -2.12. The van der Waals surface area contributed by atoms with Crippen molar-refractivity contribution in [1.82, 2.24) is 0 Å². The molecule has 2 N–H and O–H groups in total. The van der Waals surface area contributed by atoms with Gasteiger partial charge >= 0.3 is 6.18 Å². The van der Waals surface area contributed by atoms with Gasteiger partial charge < -0.3 is 10.6 Å². The van der Waals surface area contributed by atoms with Crippen molar-refractivity contribution in [3.8, 4) is 6.07 Å². The molecule has 2 aromatic carbocycles. The molecule has 9 heteroatoms. The van der Waals surface area contributed by atoms with E-state index >= 15 is 0 Å². The van der Waals surface area contributed by atoms with Crippen LogP contribution in [-0.2, 0) is 15.8 Å². The van der Waals surface area contributed by atoms with E-state index in [0.29, 0.717) is 17.3 Å². The summed E-state index contributed by atoms with van der Waals surface area (Å²) in [5.41, 5.74) is -0.568. The second-order valence-electron chi connectivity index (χ2n) is 5.16. The van der Waals surface area contributed by atoms with Crippen LogP contribution in [0.2, 0.25) is 5.02 Å². The van der Waals surface area contributed by atoms with Gasteiger partial charge in [0.25, 0.3) is 0 Å². The van der Waals surface area contributed by atoms with Crippen LogP contribution in [0.5, 0.6) is 0 Å². The highest BCUT2D eigenvalue weighted by Gasteiger charge is 2.33. The summed E-state index contributed by atoms with van der Waals surface area (Å²) in [5.74, 6) is -1.48. The summed E-state index contributed by atoms with van der Waals surface area (Å²) in [6.45, 7) is 0. The van der Waals surface area contributed by atoms with Crippen molar-refractivity contribution in [2.75, 3.05) is 10.6 Å². The number of benzene rings is 2. The highest BCUT2D eigenvalue weighted by Crippen LogP contribution is 2.36. The molecule has 2 rings (SSSR count). The molecule has 0 fully saturated rings. The molecule has 26 heavy (non-hydrogen) atoms. The van der Waals surface area contributed by atoms with Crippen LogP contribution in [0, 0.1) is 11.3 Å². The number of halogens is 4. The van der Waals surface area contributed by atoms with Crippen molar-refractivity contribution in [2.24, 2.45) is 0 Å². The number of amides is 2. The average molecular weight is 382 g/mol. The lowest BCUT2D eigenvalue weighted by molar-refractivity contribution is -0.137. The van der Waals surface area contributed by atoms with Crippen LogP contribution in [0.15, 0.2) is 42.5 Å². The standard InChI is InChI=1S/C17H11ClF3N3O2/c18-14-5-4-12(7-13(14)17(19,20)21)24-16(26)8-15(25)23-11-3-1-2-10(6-11)9-22/h1-7H,8H2,(H,23,25)(H,24,26). The van der Waals surface area contributed by atoms with Crippen LogP contribution in [0.1, 0.15) is 17.5 Å². The SMILES string of the molecule is N#Cc1cccc(NC(=O)CC(=O)Nc2ccc(Cl)c(C(F)(F)F)c2)c1. The molecule has 0 spiro atoms. The van der Waals surface area contributed by atoms with Gasteiger partial charge in [-0.2, -0.15) is 18.4 Å². The van der Waals surface area contributed by atoms with Crippen molar-refractivity contribution in [3.05, 3.63) is 58.6 Å². The van der Waals surface area contributed by atoms with E-state index < -0.39 is 35.0 Å². The fraction of sp³-hybridized carbons (Fsp3) is 0.118. The topological polar surface area (TPSA) is 82.0 Å². The first kappa shape index (κ1) is 19.3. The fourth-order valence-corrected chi connectivity index (χ4v) is 2.27. The lowest BCUT2D eigenvalue weighted by Crippen LogP contribution is -2.21. The van der Waals surface area contributed by atoms with E-state index in [1.54, 1.807) is 12.1 Å². The molecule has 0 saturated heterocycles. The van der Waals surface area contributed by atoms with Gasteiger partial charge in [-0.1, -0.05) is 17.7 Å². The van der Waals surface area contributed by atoms with E-state index in [0.717, 1.165) is 6.07 Å². The van der Waals surface area contributed by atoms with E-state index in [1.807, 2.05) is 6.07 Å². The van der Waals surface area contributed by atoms with Crippen LogP contribution >= 0.6 is 11.6 Å². The maximum atomic E-state index is 12.8. The molecular weight excluding hydrogens is 371 g/mol. The maximum absolute atomic E-state index is 12.8. The summed E-state index contributed by atoms with van der Waals surface area (Å²) in [6.07, 6.45) is -5.28. The molecule has 2 amide bonds. The van der Waals surface area contributed by atoms with Crippen LogP contribution in [0.3, 0.4) is 0 Å². The zero-order valence-corrected chi connectivity index (χ0v) is 13.8. The van der Waals surface area contributed by atoms with Gasteiger partial charge in [-0.3, -0.25) is 9.59 Å². The van der Waals surface area contributed by atoms with Gasteiger partial charge in [0.15, 0.2) is 0 Å². The van der Waals surface area contributed by atoms with E-state index in [9.17, 15) is 22.8 Å². The maximum Gasteiger partial charge on any atom is 0.417 e. The number of hydrogen-bond donors (Lipinski definition) is 2. The molecule has 134 valence electrons. The molecule has 5 nitrogen and oxygen atoms in total. The van der Waals surface area contributed by atoms with E-state index in [-0.39, 0.29) is 5.69 Å². The summed E-state index contributed by atoms with van der Waals surface area (Å²) in [4.78, 5) is 23.7. The number of nitriles is 1. The summed E-state index contributed by atoms with van der Waals surface area (Å²) < 4.78 is 38.4. The van der Waals surface area contributed by atoms with E-state index in [4.69, 9.17) is 16.9 Å². The Bertz CT molecular complexity index is 892. The Balaban J connectivity index is 2.00. The van der Waals surface area contributed by atoms with Crippen LogP contribution < -0.4 is 10.6 Å². The Kier molecular flexibility index (Phi) is 5.85. The smallest absolute Gasteiger partial charge is 0.326 e. The monoisotopic (exact) mass is 381 g/mol. The number of hydrogen-bond acceptors (Lipinski definition) is 3. The minimum atomic E-state index is -4.67. The largest absolute Gasteiger partial charge is 0.417 e.